The minimum atomic E-state index is -4.60. The maximum absolute atomic E-state index is 13.0. The molecule has 0 radical (unpaired) electrons. The molecule has 0 fully saturated rings. The normalized spacial score (nSPS) is 12.8. The third-order valence-electron chi connectivity index (χ3n) is 3.20. The van der Waals surface area contributed by atoms with Gasteiger partial charge in [0, 0.05) is 11.4 Å². The molecule has 0 unspecified atom stereocenters. The Balaban J connectivity index is 2.09. The standard InChI is InChI=1S/C16H16F3NO3S/c17-16(18,19)12-5-2-1-4-11(12)15(22)20-10-13(23-8-7-21)14-6-3-9-24-14/h1-6,9,13,21H,7-8,10H2,(H,20,22)/t13-/m1/s1. The predicted octanol–water partition coefficient (Wildman–Crippen LogP) is 3.25. The van der Waals surface area contributed by atoms with Crippen LogP contribution < -0.4 is 5.32 Å². The van der Waals surface area contributed by atoms with E-state index in [2.05, 4.69) is 5.32 Å². The molecule has 2 aromatic rings. The lowest BCUT2D eigenvalue weighted by Crippen LogP contribution is -2.31. The van der Waals surface area contributed by atoms with Gasteiger partial charge >= 0.3 is 6.18 Å². The van der Waals surface area contributed by atoms with Crippen molar-refractivity contribution in [2.45, 2.75) is 12.3 Å². The number of rotatable bonds is 7. The van der Waals surface area contributed by atoms with Crippen LogP contribution in [-0.4, -0.2) is 30.8 Å². The number of thiophene rings is 1. The second-order valence-corrected chi connectivity index (χ2v) is 5.83. The fourth-order valence-corrected chi connectivity index (χ4v) is 2.89. The minimum absolute atomic E-state index is 0.00549. The van der Waals surface area contributed by atoms with Crippen molar-refractivity contribution in [2.24, 2.45) is 0 Å². The van der Waals surface area contributed by atoms with Crippen LogP contribution in [0.2, 0.25) is 0 Å². The molecule has 8 heteroatoms. The lowest BCUT2D eigenvalue weighted by molar-refractivity contribution is -0.137. The molecule has 0 bridgehead atoms. The summed E-state index contributed by atoms with van der Waals surface area (Å²) in [6.45, 7) is -0.115. The number of nitrogens with one attached hydrogen (secondary N) is 1. The number of amides is 1. The van der Waals surface area contributed by atoms with Crippen LogP contribution in [0.5, 0.6) is 0 Å². The summed E-state index contributed by atoms with van der Waals surface area (Å²) in [5.74, 6) is -0.822. The van der Waals surface area contributed by atoms with Crippen LogP contribution in [-0.2, 0) is 10.9 Å². The van der Waals surface area contributed by atoms with Gasteiger partial charge in [-0.15, -0.1) is 11.3 Å². The van der Waals surface area contributed by atoms with E-state index >= 15 is 0 Å². The first-order valence-corrected chi connectivity index (χ1v) is 8.01. The predicted molar refractivity (Wildman–Crippen MR) is 83.9 cm³/mol. The van der Waals surface area contributed by atoms with Gasteiger partial charge in [-0.2, -0.15) is 13.2 Å². The van der Waals surface area contributed by atoms with Crippen molar-refractivity contribution in [2.75, 3.05) is 19.8 Å². The van der Waals surface area contributed by atoms with Crippen molar-refractivity contribution in [3.63, 3.8) is 0 Å². The Morgan fingerprint density at radius 1 is 1.25 bits per heavy atom. The molecule has 1 aromatic carbocycles. The van der Waals surface area contributed by atoms with Gasteiger partial charge in [0.15, 0.2) is 0 Å². The van der Waals surface area contributed by atoms with E-state index in [1.54, 1.807) is 12.1 Å². The fourth-order valence-electron chi connectivity index (χ4n) is 2.12. The summed E-state index contributed by atoms with van der Waals surface area (Å²) in [5.41, 5.74) is -1.41. The lowest BCUT2D eigenvalue weighted by atomic mass is 10.1. The maximum atomic E-state index is 13.0. The number of ether oxygens (including phenoxy) is 1. The smallest absolute Gasteiger partial charge is 0.394 e. The molecule has 1 aromatic heterocycles. The van der Waals surface area contributed by atoms with Gasteiger partial charge in [0.05, 0.1) is 24.3 Å². The highest BCUT2D eigenvalue weighted by atomic mass is 32.1. The number of carbonyl (C=O) groups is 1. The average molecular weight is 359 g/mol. The molecule has 0 saturated heterocycles. The number of carbonyl (C=O) groups excluding carboxylic acids is 1. The number of hydrogen-bond acceptors (Lipinski definition) is 4. The molecule has 0 spiro atoms. The Labute approximate surface area is 140 Å². The Morgan fingerprint density at radius 3 is 2.62 bits per heavy atom. The van der Waals surface area contributed by atoms with Crippen LogP contribution in [0.3, 0.4) is 0 Å². The van der Waals surface area contributed by atoms with Crippen LogP contribution in [0.25, 0.3) is 0 Å². The van der Waals surface area contributed by atoms with Crippen LogP contribution in [0.15, 0.2) is 41.8 Å². The van der Waals surface area contributed by atoms with Gasteiger partial charge in [-0.1, -0.05) is 18.2 Å². The van der Waals surface area contributed by atoms with Crippen molar-refractivity contribution in [3.8, 4) is 0 Å². The van der Waals surface area contributed by atoms with Crippen molar-refractivity contribution in [1.82, 2.24) is 5.32 Å². The first-order chi connectivity index (χ1) is 11.4. The number of aliphatic hydroxyl groups is 1. The molecular weight excluding hydrogens is 343 g/mol. The van der Waals surface area contributed by atoms with Crippen molar-refractivity contribution < 1.29 is 27.8 Å². The van der Waals surface area contributed by atoms with Crippen LogP contribution in [0.4, 0.5) is 13.2 Å². The molecule has 0 aliphatic heterocycles. The highest BCUT2D eigenvalue weighted by Gasteiger charge is 2.34. The zero-order valence-corrected chi connectivity index (χ0v) is 13.4. The Bertz CT molecular complexity index is 659. The Hall–Kier alpha value is -1.90. The summed E-state index contributed by atoms with van der Waals surface area (Å²) in [6, 6.07) is 8.21. The van der Waals surface area contributed by atoms with E-state index in [4.69, 9.17) is 9.84 Å². The fraction of sp³-hybridized carbons (Fsp3) is 0.312. The van der Waals surface area contributed by atoms with Crippen LogP contribution >= 0.6 is 11.3 Å². The van der Waals surface area contributed by atoms with Crippen molar-refractivity contribution in [1.29, 1.82) is 0 Å². The van der Waals surface area contributed by atoms with Gasteiger partial charge in [0.25, 0.3) is 5.91 Å². The quantitative estimate of drug-likeness (QED) is 0.798. The van der Waals surface area contributed by atoms with Crippen LogP contribution in [0.1, 0.15) is 26.9 Å². The Morgan fingerprint density at radius 2 is 2.00 bits per heavy atom. The number of aliphatic hydroxyl groups excluding tert-OH is 1. The summed E-state index contributed by atoms with van der Waals surface area (Å²) in [5, 5.41) is 13.2. The van der Waals surface area contributed by atoms with E-state index in [1.807, 2.05) is 5.38 Å². The zero-order chi connectivity index (χ0) is 17.6. The van der Waals surface area contributed by atoms with Gasteiger partial charge in [0.1, 0.15) is 6.10 Å². The SMILES string of the molecule is O=C(NC[C@@H](OCCO)c1cccs1)c1ccccc1C(F)(F)F. The molecule has 24 heavy (non-hydrogen) atoms. The second kappa shape index (κ2) is 8.27. The van der Waals surface area contributed by atoms with E-state index in [0.717, 1.165) is 17.0 Å². The topological polar surface area (TPSA) is 58.6 Å². The highest BCUT2D eigenvalue weighted by molar-refractivity contribution is 7.10. The first kappa shape index (κ1) is 18.4. The maximum Gasteiger partial charge on any atom is 0.417 e. The van der Waals surface area contributed by atoms with Crippen molar-refractivity contribution >= 4 is 17.2 Å². The third kappa shape index (κ3) is 4.80. The molecule has 1 heterocycles. The van der Waals surface area contributed by atoms with Gasteiger partial charge < -0.3 is 15.2 Å². The number of benzene rings is 1. The summed E-state index contributed by atoms with van der Waals surface area (Å²) in [6.07, 6.45) is -5.13. The molecular formula is C16H16F3NO3S. The van der Waals surface area contributed by atoms with Gasteiger partial charge in [-0.05, 0) is 23.6 Å². The van der Waals surface area contributed by atoms with Crippen LogP contribution in [0, 0.1) is 0 Å². The molecule has 4 nitrogen and oxygen atoms in total. The molecule has 0 aliphatic rings. The van der Waals surface area contributed by atoms with E-state index in [0.29, 0.717) is 0 Å². The van der Waals surface area contributed by atoms with E-state index in [1.165, 1.54) is 23.5 Å². The molecule has 1 amide bonds. The minimum Gasteiger partial charge on any atom is -0.394 e. The molecule has 0 aliphatic carbocycles. The summed E-state index contributed by atoms with van der Waals surface area (Å²) in [7, 11) is 0. The van der Waals surface area contributed by atoms with E-state index in [-0.39, 0.29) is 19.8 Å². The summed E-state index contributed by atoms with van der Waals surface area (Å²) in [4.78, 5) is 13.0. The largest absolute Gasteiger partial charge is 0.417 e. The highest BCUT2D eigenvalue weighted by Crippen LogP contribution is 2.32. The number of halogens is 3. The number of alkyl halides is 3. The number of hydrogen-bond donors (Lipinski definition) is 2. The van der Waals surface area contributed by atoms with Gasteiger partial charge in [0.2, 0.25) is 0 Å². The molecule has 2 rings (SSSR count). The molecule has 1 atom stereocenters. The summed E-state index contributed by atoms with van der Waals surface area (Å²) >= 11 is 1.40. The third-order valence-corrected chi connectivity index (χ3v) is 4.16. The molecule has 0 saturated carbocycles. The Kier molecular flexibility index (Phi) is 6.36. The summed E-state index contributed by atoms with van der Waals surface area (Å²) < 4.78 is 44.3. The van der Waals surface area contributed by atoms with Crippen molar-refractivity contribution in [3.05, 3.63) is 57.8 Å². The van der Waals surface area contributed by atoms with Gasteiger partial charge in [-0.25, -0.2) is 0 Å². The second-order valence-electron chi connectivity index (χ2n) is 4.85. The molecule has 2 N–H and O–H groups in total. The molecule has 130 valence electrons. The van der Waals surface area contributed by atoms with E-state index < -0.39 is 29.3 Å². The lowest BCUT2D eigenvalue weighted by Gasteiger charge is -2.18. The first-order valence-electron chi connectivity index (χ1n) is 7.13. The average Bonchev–Trinajstić information content (AvgIpc) is 3.08. The van der Waals surface area contributed by atoms with E-state index in [9.17, 15) is 18.0 Å². The van der Waals surface area contributed by atoms with Gasteiger partial charge in [-0.3, -0.25) is 4.79 Å². The monoisotopic (exact) mass is 359 g/mol. The zero-order valence-electron chi connectivity index (χ0n) is 12.5.